The van der Waals surface area contributed by atoms with E-state index in [1.807, 2.05) is 18.4 Å². The number of hydrogen-bond donors (Lipinski definition) is 1. The minimum absolute atomic E-state index is 0.250. The van der Waals surface area contributed by atoms with Gasteiger partial charge in [-0.1, -0.05) is 0 Å². The van der Waals surface area contributed by atoms with Gasteiger partial charge in [-0.3, -0.25) is 10.1 Å². The first kappa shape index (κ1) is 12.5. The maximum Gasteiger partial charge on any atom is 0.274 e. The van der Waals surface area contributed by atoms with Crippen LogP contribution in [0.4, 0.5) is 15.8 Å². The molecular weight excluding hydrogens is 255 g/mol. The van der Waals surface area contributed by atoms with Crippen molar-refractivity contribution >= 4 is 22.7 Å². The summed E-state index contributed by atoms with van der Waals surface area (Å²) < 4.78 is 13.2. The molecule has 1 heterocycles. The van der Waals surface area contributed by atoms with E-state index in [0.717, 1.165) is 16.5 Å². The predicted octanol–water partition coefficient (Wildman–Crippen LogP) is 3.72. The van der Waals surface area contributed by atoms with Crippen molar-refractivity contribution in [1.29, 1.82) is 0 Å². The molecule has 0 saturated heterocycles. The van der Waals surface area contributed by atoms with Crippen LogP contribution in [-0.2, 0) is 6.54 Å². The van der Waals surface area contributed by atoms with E-state index in [1.54, 1.807) is 11.3 Å². The molecule has 94 valence electrons. The van der Waals surface area contributed by atoms with E-state index in [0.29, 0.717) is 12.2 Å². The van der Waals surface area contributed by atoms with Crippen LogP contribution < -0.4 is 5.32 Å². The van der Waals surface area contributed by atoms with E-state index >= 15 is 0 Å². The molecule has 0 bridgehead atoms. The first-order valence-electron chi connectivity index (χ1n) is 5.28. The second-order valence-corrected chi connectivity index (χ2v) is 4.84. The van der Waals surface area contributed by atoms with Crippen molar-refractivity contribution in [2.75, 3.05) is 5.32 Å². The quantitative estimate of drug-likeness (QED) is 0.678. The van der Waals surface area contributed by atoms with Gasteiger partial charge >= 0.3 is 0 Å². The van der Waals surface area contributed by atoms with Gasteiger partial charge in [0.25, 0.3) is 5.69 Å². The zero-order valence-corrected chi connectivity index (χ0v) is 10.5. The predicted molar refractivity (Wildman–Crippen MR) is 69.4 cm³/mol. The molecule has 0 aliphatic heterocycles. The average molecular weight is 266 g/mol. The number of anilines is 1. The van der Waals surface area contributed by atoms with Gasteiger partial charge in [0, 0.05) is 23.2 Å². The Kier molecular flexibility index (Phi) is 3.57. The molecule has 0 spiro atoms. The van der Waals surface area contributed by atoms with Crippen molar-refractivity contribution in [2.24, 2.45) is 0 Å². The largest absolute Gasteiger partial charge is 0.380 e. The van der Waals surface area contributed by atoms with Crippen LogP contribution in [0.2, 0.25) is 0 Å². The van der Waals surface area contributed by atoms with Crippen LogP contribution in [0.3, 0.4) is 0 Å². The van der Waals surface area contributed by atoms with Gasteiger partial charge in [0.1, 0.15) is 5.82 Å². The Morgan fingerprint density at radius 1 is 1.44 bits per heavy atom. The van der Waals surface area contributed by atoms with E-state index in [2.05, 4.69) is 5.32 Å². The highest BCUT2D eigenvalue weighted by atomic mass is 32.1. The van der Waals surface area contributed by atoms with Gasteiger partial charge in [-0.2, -0.15) is 0 Å². The van der Waals surface area contributed by atoms with Crippen molar-refractivity contribution in [3.63, 3.8) is 0 Å². The second kappa shape index (κ2) is 5.14. The number of aryl methyl sites for hydroxylation is 1. The number of non-ortho nitro benzene ring substituents is 1. The van der Waals surface area contributed by atoms with Gasteiger partial charge in [-0.25, -0.2) is 4.39 Å². The number of halogens is 1. The van der Waals surface area contributed by atoms with Crippen LogP contribution in [0.5, 0.6) is 0 Å². The molecule has 0 fully saturated rings. The van der Waals surface area contributed by atoms with Crippen LogP contribution in [-0.4, -0.2) is 4.92 Å². The van der Waals surface area contributed by atoms with E-state index in [-0.39, 0.29) is 5.69 Å². The summed E-state index contributed by atoms with van der Waals surface area (Å²) >= 11 is 1.59. The van der Waals surface area contributed by atoms with Gasteiger partial charge in [0.05, 0.1) is 11.0 Å². The lowest BCUT2D eigenvalue weighted by Crippen LogP contribution is -2.00. The van der Waals surface area contributed by atoms with E-state index < -0.39 is 10.7 Å². The molecule has 0 aliphatic carbocycles. The molecule has 1 aromatic carbocycles. The van der Waals surface area contributed by atoms with E-state index in [4.69, 9.17) is 0 Å². The van der Waals surface area contributed by atoms with Gasteiger partial charge in [0.15, 0.2) is 0 Å². The third-order valence-corrected chi connectivity index (χ3v) is 3.54. The summed E-state index contributed by atoms with van der Waals surface area (Å²) in [5, 5.41) is 15.6. The van der Waals surface area contributed by atoms with Gasteiger partial charge in [-0.05, 0) is 30.0 Å². The maximum absolute atomic E-state index is 13.2. The Morgan fingerprint density at radius 3 is 2.83 bits per heavy atom. The van der Waals surface area contributed by atoms with Crippen LogP contribution in [0.15, 0.2) is 29.6 Å². The van der Waals surface area contributed by atoms with Gasteiger partial charge in [-0.15, -0.1) is 11.3 Å². The van der Waals surface area contributed by atoms with Crippen LogP contribution >= 0.6 is 11.3 Å². The Morgan fingerprint density at radius 2 is 2.22 bits per heavy atom. The highest BCUT2D eigenvalue weighted by molar-refractivity contribution is 7.10. The number of thiophene rings is 1. The number of rotatable bonds is 4. The lowest BCUT2D eigenvalue weighted by Gasteiger charge is -2.06. The molecule has 0 amide bonds. The second-order valence-electron chi connectivity index (χ2n) is 3.84. The number of nitro benzene ring substituents is 1. The molecule has 0 atom stereocenters. The Labute approximate surface area is 107 Å². The SMILES string of the molecule is Cc1ccsc1CNc1cc(F)cc([N+](=O)[O-])c1. The Bertz CT molecular complexity index is 583. The highest BCUT2D eigenvalue weighted by Gasteiger charge is 2.10. The number of benzene rings is 1. The lowest BCUT2D eigenvalue weighted by atomic mass is 10.2. The van der Waals surface area contributed by atoms with Crippen molar-refractivity contribution in [2.45, 2.75) is 13.5 Å². The van der Waals surface area contributed by atoms with Crippen LogP contribution in [0, 0.1) is 22.9 Å². The summed E-state index contributed by atoms with van der Waals surface area (Å²) in [5.41, 5.74) is 1.31. The van der Waals surface area contributed by atoms with Gasteiger partial charge in [0.2, 0.25) is 0 Å². The van der Waals surface area contributed by atoms with Crippen LogP contribution in [0.25, 0.3) is 0 Å². The number of nitrogens with zero attached hydrogens (tertiary/aromatic N) is 1. The van der Waals surface area contributed by atoms with Crippen molar-refractivity contribution in [3.05, 3.63) is 56.0 Å². The third kappa shape index (κ3) is 2.84. The maximum atomic E-state index is 13.2. The molecule has 2 rings (SSSR count). The number of nitrogens with one attached hydrogen (secondary N) is 1. The zero-order chi connectivity index (χ0) is 13.1. The molecule has 0 radical (unpaired) electrons. The molecular formula is C12H11FN2O2S. The minimum Gasteiger partial charge on any atom is -0.380 e. The summed E-state index contributed by atoms with van der Waals surface area (Å²) in [7, 11) is 0. The molecule has 6 heteroatoms. The normalized spacial score (nSPS) is 10.3. The van der Waals surface area contributed by atoms with E-state index in [9.17, 15) is 14.5 Å². The fraction of sp³-hybridized carbons (Fsp3) is 0.167. The first-order valence-corrected chi connectivity index (χ1v) is 6.16. The summed E-state index contributed by atoms with van der Waals surface area (Å²) in [4.78, 5) is 11.1. The Balaban J connectivity index is 2.14. The number of hydrogen-bond acceptors (Lipinski definition) is 4. The molecule has 4 nitrogen and oxygen atoms in total. The van der Waals surface area contributed by atoms with Crippen molar-refractivity contribution in [3.8, 4) is 0 Å². The van der Waals surface area contributed by atoms with E-state index in [1.165, 1.54) is 12.1 Å². The Hall–Kier alpha value is -1.95. The van der Waals surface area contributed by atoms with Crippen LogP contribution in [0.1, 0.15) is 10.4 Å². The fourth-order valence-corrected chi connectivity index (χ4v) is 2.40. The summed E-state index contributed by atoms with van der Waals surface area (Å²) in [6.07, 6.45) is 0. The highest BCUT2D eigenvalue weighted by Crippen LogP contribution is 2.22. The minimum atomic E-state index is -0.616. The summed E-state index contributed by atoms with van der Waals surface area (Å²) in [5.74, 6) is -0.616. The zero-order valence-electron chi connectivity index (χ0n) is 9.64. The molecule has 0 unspecified atom stereocenters. The lowest BCUT2D eigenvalue weighted by molar-refractivity contribution is -0.385. The fourth-order valence-electron chi connectivity index (χ4n) is 1.55. The molecule has 1 aromatic heterocycles. The topological polar surface area (TPSA) is 55.2 Å². The molecule has 0 aliphatic rings. The monoisotopic (exact) mass is 266 g/mol. The summed E-state index contributed by atoms with van der Waals surface area (Å²) in [6, 6.07) is 5.47. The average Bonchev–Trinajstić information content (AvgIpc) is 2.71. The standard InChI is InChI=1S/C12H11FN2O2S/c1-8-2-3-18-12(8)7-14-10-4-9(13)5-11(6-10)15(16)17/h2-6,14H,7H2,1H3. The third-order valence-electron chi connectivity index (χ3n) is 2.51. The molecule has 1 N–H and O–H groups in total. The molecule has 0 saturated carbocycles. The summed E-state index contributed by atoms with van der Waals surface area (Å²) in [6.45, 7) is 2.52. The number of nitro groups is 1. The van der Waals surface area contributed by atoms with Crippen molar-refractivity contribution in [1.82, 2.24) is 0 Å². The molecule has 2 aromatic rings. The first-order chi connectivity index (χ1) is 8.56. The smallest absolute Gasteiger partial charge is 0.274 e. The van der Waals surface area contributed by atoms with Crippen molar-refractivity contribution < 1.29 is 9.31 Å². The molecule has 18 heavy (non-hydrogen) atoms. The van der Waals surface area contributed by atoms with Gasteiger partial charge < -0.3 is 5.32 Å².